The van der Waals surface area contributed by atoms with Gasteiger partial charge >= 0.3 is 0 Å². The van der Waals surface area contributed by atoms with Crippen molar-refractivity contribution in [2.75, 3.05) is 18.9 Å². The van der Waals surface area contributed by atoms with Crippen molar-refractivity contribution in [3.63, 3.8) is 0 Å². The number of rotatable bonds is 6. The third-order valence-corrected chi connectivity index (χ3v) is 4.32. The predicted octanol–water partition coefficient (Wildman–Crippen LogP) is 1.59. The molecule has 4 N–H and O–H groups in total. The van der Waals surface area contributed by atoms with E-state index in [4.69, 9.17) is 15.6 Å². The van der Waals surface area contributed by atoms with Crippen molar-refractivity contribution >= 4 is 5.82 Å². The minimum Gasteiger partial charge on any atom is -0.488 e. The Labute approximate surface area is 139 Å². The Morgan fingerprint density at radius 2 is 2.04 bits per heavy atom. The number of aromatic nitrogens is 2. The highest BCUT2D eigenvalue weighted by Crippen LogP contribution is 2.47. The molecule has 1 aromatic heterocycles. The smallest absolute Gasteiger partial charge is 0.165 e. The molecule has 0 bridgehead atoms. The van der Waals surface area contributed by atoms with E-state index < -0.39 is 18.5 Å². The lowest BCUT2D eigenvalue weighted by atomic mass is 9.70. The molecule has 1 unspecified atom stereocenters. The van der Waals surface area contributed by atoms with Crippen LogP contribution in [0.4, 0.5) is 10.2 Å². The molecule has 0 aliphatic heterocycles. The van der Waals surface area contributed by atoms with Gasteiger partial charge in [-0.1, -0.05) is 6.07 Å². The molecule has 1 saturated carbocycles. The third kappa shape index (κ3) is 3.63. The van der Waals surface area contributed by atoms with Gasteiger partial charge in [0, 0.05) is 5.92 Å². The second kappa shape index (κ2) is 7.11. The molecule has 0 amide bonds. The van der Waals surface area contributed by atoms with E-state index in [9.17, 15) is 9.50 Å². The highest BCUT2D eigenvalue weighted by atomic mass is 19.1. The fraction of sp³-hybridized carbons (Fsp3) is 0.412. The van der Waals surface area contributed by atoms with E-state index in [1.54, 1.807) is 18.5 Å². The largest absolute Gasteiger partial charge is 0.488 e. The van der Waals surface area contributed by atoms with Crippen molar-refractivity contribution in [1.82, 2.24) is 9.97 Å². The molecule has 0 spiro atoms. The third-order valence-electron chi connectivity index (χ3n) is 4.32. The first-order chi connectivity index (χ1) is 11.6. The molecular formula is C17H20FN3O3. The van der Waals surface area contributed by atoms with Crippen LogP contribution in [0.1, 0.15) is 35.9 Å². The maximum absolute atomic E-state index is 14.1. The van der Waals surface area contributed by atoms with Gasteiger partial charge in [0.25, 0.3) is 0 Å². The number of nitrogen functional groups attached to an aromatic ring is 1. The maximum atomic E-state index is 14.1. The average molecular weight is 333 g/mol. The summed E-state index contributed by atoms with van der Waals surface area (Å²) in [5, 5.41) is 18.0. The minimum absolute atomic E-state index is 0.0755. The lowest BCUT2D eigenvalue weighted by Crippen LogP contribution is -2.22. The van der Waals surface area contributed by atoms with Crippen LogP contribution < -0.4 is 10.5 Å². The van der Waals surface area contributed by atoms with Crippen molar-refractivity contribution in [3.8, 4) is 5.75 Å². The van der Waals surface area contributed by atoms with Gasteiger partial charge in [-0.2, -0.15) is 0 Å². The van der Waals surface area contributed by atoms with Crippen LogP contribution in [0.5, 0.6) is 5.75 Å². The van der Waals surface area contributed by atoms with Crippen molar-refractivity contribution in [2.24, 2.45) is 0 Å². The first-order valence-electron chi connectivity index (χ1n) is 7.85. The van der Waals surface area contributed by atoms with E-state index in [0.29, 0.717) is 11.7 Å². The minimum atomic E-state index is -1.02. The molecule has 0 saturated heterocycles. The molecule has 24 heavy (non-hydrogen) atoms. The molecule has 1 aliphatic carbocycles. The number of nitrogens with zero attached hydrogens (tertiary/aromatic N) is 2. The number of aliphatic hydroxyl groups is 2. The fourth-order valence-corrected chi connectivity index (χ4v) is 2.82. The molecule has 6 nitrogen and oxygen atoms in total. The molecule has 7 heteroatoms. The Morgan fingerprint density at radius 3 is 2.67 bits per heavy atom. The number of ether oxygens (including phenoxy) is 1. The van der Waals surface area contributed by atoms with E-state index in [1.165, 1.54) is 6.07 Å². The van der Waals surface area contributed by atoms with Crippen LogP contribution in [0.15, 0.2) is 30.6 Å². The number of halogens is 1. The van der Waals surface area contributed by atoms with Gasteiger partial charge in [0.05, 0.1) is 24.7 Å². The normalized spacial score (nSPS) is 21.1. The van der Waals surface area contributed by atoms with Crippen LogP contribution in [0.2, 0.25) is 0 Å². The Kier molecular flexibility index (Phi) is 4.92. The van der Waals surface area contributed by atoms with Gasteiger partial charge in [0.1, 0.15) is 18.5 Å². The summed E-state index contributed by atoms with van der Waals surface area (Å²) in [5.41, 5.74) is 7.37. The highest BCUT2D eigenvalue weighted by Gasteiger charge is 2.33. The molecule has 1 atom stereocenters. The molecule has 0 radical (unpaired) electrons. The predicted molar refractivity (Wildman–Crippen MR) is 86.1 cm³/mol. The van der Waals surface area contributed by atoms with E-state index in [0.717, 1.165) is 24.1 Å². The number of aliphatic hydroxyl groups excluding tert-OH is 2. The van der Waals surface area contributed by atoms with Gasteiger partial charge in [-0.15, -0.1) is 0 Å². The zero-order valence-corrected chi connectivity index (χ0v) is 13.1. The molecule has 1 aliphatic rings. The summed E-state index contributed by atoms with van der Waals surface area (Å²) in [6.07, 6.45) is 4.01. The van der Waals surface area contributed by atoms with E-state index in [1.807, 2.05) is 6.07 Å². The Hall–Kier alpha value is -2.25. The Bertz CT molecular complexity index is 690. The monoisotopic (exact) mass is 333 g/mol. The number of hydrogen-bond acceptors (Lipinski definition) is 6. The number of nitrogens with two attached hydrogens (primary N) is 1. The summed E-state index contributed by atoms with van der Waals surface area (Å²) in [4.78, 5) is 8.33. The van der Waals surface area contributed by atoms with Crippen molar-refractivity contribution in [2.45, 2.75) is 30.8 Å². The first kappa shape index (κ1) is 16.6. The SMILES string of the molecule is Nc1cnc(C2CC(c3ccc(OCC(O)CO)c(F)c3)C2)cn1. The summed E-state index contributed by atoms with van der Waals surface area (Å²) in [7, 11) is 0. The quantitative estimate of drug-likeness (QED) is 0.742. The molecule has 1 fully saturated rings. The standard InChI is InChI=1S/C17H20FN3O3/c18-14-5-10(1-2-16(14)24-9-13(23)8-22)11-3-12(4-11)15-6-21-17(19)7-20-15/h1-2,5-7,11-13,22-23H,3-4,8-9H2,(H2,19,21). The van der Waals surface area contributed by atoms with Crippen LogP contribution >= 0.6 is 0 Å². The molecule has 1 aromatic carbocycles. The molecule has 1 heterocycles. The average Bonchev–Trinajstić information content (AvgIpc) is 2.54. The lowest BCUT2D eigenvalue weighted by Gasteiger charge is -2.35. The summed E-state index contributed by atoms with van der Waals surface area (Å²) in [6, 6.07) is 4.86. The first-order valence-corrected chi connectivity index (χ1v) is 7.85. The zero-order valence-electron chi connectivity index (χ0n) is 13.1. The molecule has 2 aromatic rings. The second-order valence-electron chi connectivity index (χ2n) is 6.07. The van der Waals surface area contributed by atoms with Crippen LogP contribution in [-0.4, -0.2) is 39.5 Å². The lowest BCUT2D eigenvalue weighted by molar-refractivity contribution is 0.0523. The fourth-order valence-electron chi connectivity index (χ4n) is 2.82. The van der Waals surface area contributed by atoms with E-state index in [2.05, 4.69) is 9.97 Å². The van der Waals surface area contributed by atoms with Crippen LogP contribution in [0.3, 0.4) is 0 Å². The Morgan fingerprint density at radius 1 is 1.25 bits per heavy atom. The summed E-state index contributed by atoms with van der Waals surface area (Å²) in [5.74, 6) is 0.612. The highest BCUT2D eigenvalue weighted by molar-refractivity contribution is 5.34. The van der Waals surface area contributed by atoms with Gasteiger partial charge < -0.3 is 20.7 Å². The van der Waals surface area contributed by atoms with Crippen molar-refractivity contribution in [1.29, 1.82) is 0 Å². The Balaban J connectivity index is 1.59. The number of benzene rings is 1. The molecular weight excluding hydrogens is 313 g/mol. The van der Waals surface area contributed by atoms with E-state index in [-0.39, 0.29) is 18.3 Å². The summed E-state index contributed by atoms with van der Waals surface area (Å²) < 4.78 is 19.2. The van der Waals surface area contributed by atoms with Crippen molar-refractivity contribution in [3.05, 3.63) is 47.7 Å². The van der Waals surface area contributed by atoms with Gasteiger partial charge in [-0.25, -0.2) is 9.37 Å². The van der Waals surface area contributed by atoms with Gasteiger partial charge in [-0.3, -0.25) is 4.98 Å². The number of anilines is 1. The zero-order chi connectivity index (χ0) is 17.1. The topological polar surface area (TPSA) is 101 Å². The van der Waals surface area contributed by atoms with Gasteiger partial charge in [0.15, 0.2) is 11.6 Å². The van der Waals surface area contributed by atoms with E-state index >= 15 is 0 Å². The van der Waals surface area contributed by atoms with Crippen LogP contribution in [0, 0.1) is 5.82 Å². The van der Waals surface area contributed by atoms with Crippen LogP contribution in [-0.2, 0) is 0 Å². The van der Waals surface area contributed by atoms with Gasteiger partial charge in [0.2, 0.25) is 0 Å². The second-order valence-corrected chi connectivity index (χ2v) is 6.07. The van der Waals surface area contributed by atoms with Crippen LogP contribution in [0.25, 0.3) is 0 Å². The van der Waals surface area contributed by atoms with Crippen molar-refractivity contribution < 1.29 is 19.3 Å². The molecule has 128 valence electrons. The maximum Gasteiger partial charge on any atom is 0.165 e. The number of hydrogen-bond donors (Lipinski definition) is 3. The molecule has 3 rings (SSSR count). The summed E-state index contributed by atoms with van der Waals surface area (Å²) in [6.45, 7) is -0.564. The summed E-state index contributed by atoms with van der Waals surface area (Å²) >= 11 is 0. The van der Waals surface area contributed by atoms with Gasteiger partial charge in [-0.05, 0) is 36.5 Å².